The molecule has 2 aromatic carbocycles. The first kappa shape index (κ1) is 18.0. The lowest BCUT2D eigenvalue weighted by molar-refractivity contribution is -0.138. The quantitative estimate of drug-likeness (QED) is 0.594. The van der Waals surface area contributed by atoms with E-state index in [9.17, 15) is 9.59 Å². The molecular weight excluding hydrogens is 402 g/mol. The van der Waals surface area contributed by atoms with Crippen LogP contribution >= 0.6 is 15.9 Å². The first-order valence-corrected chi connectivity index (χ1v) is 8.72. The summed E-state index contributed by atoms with van der Waals surface area (Å²) in [7, 11) is 0. The Kier molecular flexibility index (Phi) is 5.58. The Hall–Kier alpha value is -2.80. The summed E-state index contributed by atoms with van der Waals surface area (Å²) in [6.45, 7) is 2.06. The van der Waals surface area contributed by atoms with Crippen LogP contribution in [-0.4, -0.2) is 25.3 Å². The van der Waals surface area contributed by atoms with Crippen molar-refractivity contribution in [1.29, 1.82) is 0 Å². The number of hydrogen-bond acceptors (Lipinski definition) is 5. The van der Waals surface area contributed by atoms with Crippen LogP contribution in [0.25, 0.3) is 6.08 Å². The van der Waals surface area contributed by atoms with Crippen LogP contribution in [0.5, 0.6) is 11.5 Å². The zero-order valence-corrected chi connectivity index (χ0v) is 15.5. The van der Waals surface area contributed by atoms with Gasteiger partial charge in [0.25, 0.3) is 5.91 Å². The van der Waals surface area contributed by atoms with Gasteiger partial charge in [-0.3, -0.25) is 4.79 Å². The molecule has 0 saturated carbocycles. The average Bonchev–Trinajstić information content (AvgIpc) is 3.09. The van der Waals surface area contributed by atoms with E-state index in [2.05, 4.69) is 21.2 Å². The van der Waals surface area contributed by atoms with E-state index in [0.717, 1.165) is 0 Å². The monoisotopic (exact) mass is 417 g/mol. The summed E-state index contributed by atoms with van der Waals surface area (Å²) in [4.78, 5) is 24.8. The largest absolute Gasteiger partial charge is 0.461 e. The zero-order valence-electron chi connectivity index (χ0n) is 14.0. The first-order chi connectivity index (χ1) is 12.6. The summed E-state index contributed by atoms with van der Waals surface area (Å²) in [5, 5.41) is 2.62. The second-order valence-electron chi connectivity index (χ2n) is 5.33. The highest BCUT2D eigenvalue weighted by Crippen LogP contribution is 2.33. The van der Waals surface area contributed by atoms with Gasteiger partial charge in [0.2, 0.25) is 6.79 Å². The average molecular weight is 418 g/mol. The predicted octanol–water partition coefficient (Wildman–Crippen LogP) is 3.51. The lowest BCUT2D eigenvalue weighted by Gasteiger charge is -2.10. The van der Waals surface area contributed by atoms with E-state index in [4.69, 9.17) is 14.2 Å². The molecule has 0 radical (unpaired) electrons. The van der Waals surface area contributed by atoms with Crippen molar-refractivity contribution in [2.75, 3.05) is 13.4 Å². The molecule has 3 rings (SSSR count). The smallest absolute Gasteiger partial charge is 0.354 e. The molecule has 0 unspecified atom stereocenters. The number of fused-ring (bicyclic) bond motifs is 1. The number of benzene rings is 2. The third-order valence-corrected chi connectivity index (χ3v) is 4.26. The van der Waals surface area contributed by atoms with Gasteiger partial charge in [-0.2, -0.15) is 0 Å². The normalized spacial score (nSPS) is 12.6. The lowest BCUT2D eigenvalue weighted by atomic mass is 10.1. The van der Waals surface area contributed by atoms with Crippen LogP contribution in [0.15, 0.2) is 52.6 Å². The summed E-state index contributed by atoms with van der Waals surface area (Å²) in [5.74, 6) is 0.180. The highest BCUT2D eigenvalue weighted by Gasteiger charge is 2.18. The Balaban J connectivity index is 1.89. The lowest BCUT2D eigenvalue weighted by Crippen LogP contribution is -2.28. The molecule has 0 aromatic heterocycles. The number of rotatable bonds is 5. The summed E-state index contributed by atoms with van der Waals surface area (Å²) in [6, 6.07) is 12.2. The molecule has 0 atom stereocenters. The van der Waals surface area contributed by atoms with Crippen molar-refractivity contribution in [2.45, 2.75) is 6.92 Å². The van der Waals surface area contributed by atoms with Gasteiger partial charge in [0.05, 0.1) is 12.2 Å². The van der Waals surface area contributed by atoms with E-state index in [-0.39, 0.29) is 19.1 Å². The van der Waals surface area contributed by atoms with Gasteiger partial charge in [-0.25, -0.2) is 4.79 Å². The van der Waals surface area contributed by atoms with Crippen LogP contribution < -0.4 is 14.8 Å². The van der Waals surface area contributed by atoms with Gasteiger partial charge in [-0.15, -0.1) is 0 Å². The number of carbonyl (C=O) groups is 2. The van der Waals surface area contributed by atoms with Crippen molar-refractivity contribution in [3.8, 4) is 11.5 Å². The van der Waals surface area contributed by atoms with Gasteiger partial charge in [0.15, 0.2) is 11.5 Å². The fourth-order valence-electron chi connectivity index (χ4n) is 2.36. The third-order valence-electron chi connectivity index (χ3n) is 3.57. The molecule has 1 aliphatic rings. The van der Waals surface area contributed by atoms with Crippen molar-refractivity contribution in [2.24, 2.45) is 0 Å². The fourth-order valence-corrected chi connectivity index (χ4v) is 2.82. The van der Waals surface area contributed by atoms with Crippen molar-refractivity contribution in [3.05, 3.63) is 63.8 Å². The van der Waals surface area contributed by atoms with E-state index in [0.29, 0.717) is 27.1 Å². The molecule has 0 fully saturated rings. The molecule has 1 heterocycles. The minimum Gasteiger partial charge on any atom is -0.461 e. The van der Waals surface area contributed by atoms with Crippen molar-refractivity contribution < 1.29 is 23.8 Å². The van der Waals surface area contributed by atoms with Crippen molar-refractivity contribution in [1.82, 2.24) is 5.32 Å². The van der Waals surface area contributed by atoms with E-state index < -0.39 is 11.9 Å². The first-order valence-electron chi connectivity index (χ1n) is 7.93. The Morgan fingerprint density at radius 1 is 1.19 bits per heavy atom. The van der Waals surface area contributed by atoms with Crippen LogP contribution in [0.3, 0.4) is 0 Å². The zero-order chi connectivity index (χ0) is 18.5. The van der Waals surface area contributed by atoms with Crippen molar-refractivity contribution in [3.63, 3.8) is 0 Å². The van der Waals surface area contributed by atoms with Gasteiger partial charge < -0.3 is 19.5 Å². The molecule has 0 spiro atoms. The highest BCUT2D eigenvalue weighted by molar-refractivity contribution is 9.10. The topological polar surface area (TPSA) is 73.9 Å². The maximum atomic E-state index is 12.5. The maximum absolute atomic E-state index is 12.5. The molecule has 6 nitrogen and oxygen atoms in total. The SMILES string of the molecule is CCOC(=O)C(=Cc1ccc2c(c1)OCO2)NC(=O)c1ccccc1Br. The molecule has 1 aliphatic heterocycles. The number of amides is 1. The van der Waals surface area contributed by atoms with Crippen molar-refractivity contribution >= 4 is 33.9 Å². The van der Waals surface area contributed by atoms with Crippen LogP contribution in [0.2, 0.25) is 0 Å². The van der Waals surface area contributed by atoms with Crippen LogP contribution in [0.1, 0.15) is 22.8 Å². The number of esters is 1. The molecule has 134 valence electrons. The maximum Gasteiger partial charge on any atom is 0.354 e. The number of carbonyl (C=O) groups excluding carboxylic acids is 2. The molecule has 0 saturated heterocycles. The minimum absolute atomic E-state index is 0.0338. The van der Waals surface area contributed by atoms with Crippen LogP contribution in [0, 0.1) is 0 Å². The molecule has 26 heavy (non-hydrogen) atoms. The van der Waals surface area contributed by atoms with Gasteiger partial charge in [-0.05, 0) is 58.8 Å². The molecule has 2 aromatic rings. The molecule has 1 amide bonds. The summed E-state index contributed by atoms with van der Waals surface area (Å²) < 4.78 is 16.3. The molecule has 1 N–H and O–H groups in total. The van der Waals surface area contributed by atoms with Crippen LogP contribution in [0.4, 0.5) is 0 Å². The standard InChI is InChI=1S/C19H16BrNO5/c1-2-24-19(23)15(21-18(22)13-5-3-4-6-14(13)20)9-12-7-8-16-17(10-12)26-11-25-16/h3-10H,2,11H2,1H3,(H,21,22). The molecule has 0 aliphatic carbocycles. The van der Waals surface area contributed by atoms with E-state index in [1.54, 1.807) is 49.4 Å². The van der Waals surface area contributed by atoms with Gasteiger partial charge >= 0.3 is 5.97 Å². The second kappa shape index (κ2) is 8.05. The summed E-state index contributed by atoms with van der Waals surface area (Å²) >= 11 is 3.33. The summed E-state index contributed by atoms with van der Waals surface area (Å²) in [6.07, 6.45) is 1.54. The third kappa shape index (κ3) is 4.05. The Labute approximate surface area is 158 Å². The number of halogens is 1. The molecule has 7 heteroatoms. The Morgan fingerprint density at radius 2 is 1.96 bits per heavy atom. The fraction of sp³-hybridized carbons (Fsp3) is 0.158. The van der Waals surface area contributed by atoms with E-state index in [1.807, 2.05) is 0 Å². The van der Waals surface area contributed by atoms with E-state index in [1.165, 1.54) is 6.08 Å². The van der Waals surface area contributed by atoms with E-state index >= 15 is 0 Å². The molecular formula is C19H16BrNO5. The minimum atomic E-state index is -0.620. The second-order valence-corrected chi connectivity index (χ2v) is 6.18. The number of nitrogens with one attached hydrogen (secondary N) is 1. The van der Waals surface area contributed by atoms with Gasteiger partial charge in [0, 0.05) is 4.47 Å². The highest BCUT2D eigenvalue weighted by atomic mass is 79.9. The predicted molar refractivity (Wildman–Crippen MR) is 98.8 cm³/mol. The Bertz CT molecular complexity index is 878. The molecule has 0 bridgehead atoms. The Morgan fingerprint density at radius 3 is 2.73 bits per heavy atom. The summed E-state index contributed by atoms with van der Waals surface area (Å²) in [5.41, 5.74) is 1.12. The number of ether oxygens (including phenoxy) is 3. The van der Waals surface area contributed by atoms with Gasteiger partial charge in [0.1, 0.15) is 5.70 Å². The van der Waals surface area contributed by atoms with Crippen LogP contribution in [-0.2, 0) is 9.53 Å². The van der Waals surface area contributed by atoms with Gasteiger partial charge in [-0.1, -0.05) is 18.2 Å². The number of hydrogen-bond donors (Lipinski definition) is 1.